The van der Waals surface area contributed by atoms with Crippen molar-refractivity contribution in [3.63, 3.8) is 0 Å². The number of fused-ring (bicyclic) bond motifs is 1. The van der Waals surface area contributed by atoms with Gasteiger partial charge < -0.3 is 4.90 Å². The average molecular weight is 306 g/mol. The Bertz CT molecular complexity index is 609. The molecule has 0 unspecified atom stereocenters. The van der Waals surface area contributed by atoms with Crippen molar-refractivity contribution in [3.05, 3.63) is 23.3 Å². The molecule has 0 aliphatic carbocycles. The van der Waals surface area contributed by atoms with Gasteiger partial charge in [-0.3, -0.25) is 9.69 Å². The van der Waals surface area contributed by atoms with Gasteiger partial charge in [0.1, 0.15) is 0 Å². The van der Waals surface area contributed by atoms with Gasteiger partial charge in [-0.2, -0.15) is 0 Å². The molecule has 1 aromatic heterocycles. The molecule has 0 saturated carbocycles. The number of benzene rings is 1. The first kappa shape index (κ1) is 15.9. The fourth-order valence-electron chi connectivity index (χ4n) is 2.26. The SMILES string of the molecule is CC(=O)N(CCC[NH+](C)C)c1nc2cc(C)c(C)cc2s1. The monoisotopic (exact) mass is 306 g/mol. The zero-order chi connectivity index (χ0) is 15.6. The summed E-state index contributed by atoms with van der Waals surface area (Å²) in [5.74, 6) is 0.0660. The largest absolute Gasteiger partial charge is 0.340 e. The minimum absolute atomic E-state index is 0.0660. The molecule has 2 aromatic rings. The van der Waals surface area contributed by atoms with Gasteiger partial charge >= 0.3 is 0 Å². The van der Waals surface area contributed by atoms with Crippen LogP contribution < -0.4 is 9.80 Å². The molecule has 1 N–H and O–H groups in total. The molecule has 1 aromatic carbocycles. The van der Waals surface area contributed by atoms with E-state index in [9.17, 15) is 4.79 Å². The van der Waals surface area contributed by atoms with Gasteiger partial charge in [0.25, 0.3) is 0 Å². The van der Waals surface area contributed by atoms with E-state index in [4.69, 9.17) is 0 Å². The summed E-state index contributed by atoms with van der Waals surface area (Å²) in [6.07, 6.45) is 0.982. The predicted octanol–water partition coefficient (Wildman–Crippen LogP) is 1.80. The molecule has 0 aliphatic heterocycles. The number of hydrogen-bond donors (Lipinski definition) is 1. The summed E-state index contributed by atoms with van der Waals surface area (Å²) in [5.41, 5.74) is 3.50. The van der Waals surface area contributed by atoms with Crippen LogP contribution in [0.3, 0.4) is 0 Å². The normalized spacial score (nSPS) is 11.3. The Hall–Kier alpha value is -1.46. The Morgan fingerprint density at radius 2 is 1.95 bits per heavy atom. The van der Waals surface area contributed by atoms with Crippen LogP contribution in [-0.4, -0.2) is 38.1 Å². The third kappa shape index (κ3) is 3.80. The molecule has 0 saturated heterocycles. The van der Waals surface area contributed by atoms with E-state index in [0.717, 1.165) is 34.9 Å². The fourth-order valence-corrected chi connectivity index (χ4v) is 3.38. The Kier molecular flexibility index (Phi) is 4.96. The van der Waals surface area contributed by atoms with Crippen molar-refractivity contribution in [2.24, 2.45) is 0 Å². The highest BCUT2D eigenvalue weighted by Gasteiger charge is 2.16. The molecular weight excluding hydrogens is 282 g/mol. The first-order valence-corrected chi connectivity index (χ1v) is 8.15. The molecule has 5 heteroatoms. The van der Waals surface area contributed by atoms with Crippen LogP contribution in [-0.2, 0) is 4.79 Å². The summed E-state index contributed by atoms with van der Waals surface area (Å²) in [5, 5.41) is 0.816. The molecule has 0 aliphatic rings. The smallest absolute Gasteiger partial charge is 0.225 e. The summed E-state index contributed by atoms with van der Waals surface area (Å²) in [7, 11) is 4.25. The maximum atomic E-state index is 11.9. The van der Waals surface area contributed by atoms with Gasteiger partial charge in [-0.15, -0.1) is 0 Å². The number of nitrogens with zero attached hydrogens (tertiary/aromatic N) is 2. The minimum atomic E-state index is 0.0660. The second kappa shape index (κ2) is 6.54. The highest BCUT2D eigenvalue weighted by atomic mass is 32.1. The number of quaternary nitrogens is 1. The van der Waals surface area contributed by atoms with Gasteiger partial charge in [0.2, 0.25) is 5.91 Å². The lowest BCUT2D eigenvalue weighted by Crippen LogP contribution is -3.05. The molecule has 1 heterocycles. The lowest BCUT2D eigenvalue weighted by atomic mass is 10.1. The van der Waals surface area contributed by atoms with E-state index in [0.29, 0.717) is 0 Å². The maximum absolute atomic E-state index is 11.9. The molecule has 4 nitrogen and oxygen atoms in total. The topological polar surface area (TPSA) is 37.6 Å². The van der Waals surface area contributed by atoms with Gasteiger partial charge in [0, 0.05) is 19.9 Å². The quantitative estimate of drug-likeness (QED) is 0.915. The summed E-state index contributed by atoms with van der Waals surface area (Å²) in [4.78, 5) is 19.8. The highest BCUT2D eigenvalue weighted by Crippen LogP contribution is 2.30. The van der Waals surface area contributed by atoms with Crippen LogP contribution in [0.4, 0.5) is 5.13 Å². The number of thiazole rings is 1. The third-order valence-corrected chi connectivity index (χ3v) is 4.70. The van der Waals surface area contributed by atoms with Crippen LogP contribution in [0.25, 0.3) is 10.2 Å². The predicted molar refractivity (Wildman–Crippen MR) is 89.4 cm³/mol. The molecule has 21 heavy (non-hydrogen) atoms. The number of anilines is 1. The van der Waals surface area contributed by atoms with E-state index in [1.54, 1.807) is 23.2 Å². The molecular formula is C16H24N3OS+. The summed E-state index contributed by atoms with van der Waals surface area (Å²) in [6, 6.07) is 4.26. The third-order valence-electron chi connectivity index (χ3n) is 3.66. The van der Waals surface area contributed by atoms with E-state index in [1.807, 2.05) is 0 Å². The van der Waals surface area contributed by atoms with Gasteiger partial charge in [0.15, 0.2) is 5.13 Å². The van der Waals surface area contributed by atoms with E-state index >= 15 is 0 Å². The number of aromatic nitrogens is 1. The second-order valence-corrected chi connectivity index (χ2v) is 6.89. The standard InChI is InChI=1S/C16H23N3OS/c1-11-9-14-15(10-12(11)2)21-16(17-14)19(13(3)20)8-6-7-18(4)5/h9-10H,6-8H2,1-5H3/p+1. The highest BCUT2D eigenvalue weighted by molar-refractivity contribution is 7.22. The molecule has 0 bridgehead atoms. The molecule has 0 spiro atoms. The van der Waals surface area contributed by atoms with Crippen molar-refractivity contribution >= 4 is 32.6 Å². The van der Waals surface area contributed by atoms with E-state index in [1.165, 1.54) is 16.0 Å². The van der Waals surface area contributed by atoms with Crippen LogP contribution in [0.2, 0.25) is 0 Å². The maximum Gasteiger partial charge on any atom is 0.225 e. The Morgan fingerprint density at radius 1 is 1.29 bits per heavy atom. The van der Waals surface area contributed by atoms with Gasteiger partial charge in [-0.05, 0) is 37.1 Å². The summed E-state index contributed by atoms with van der Waals surface area (Å²) >= 11 is 1.60. The van der Waals surface area contributed by atoms with Crippen molar-refractivity contribution < 1.29 is 9.69 Å². The first-order chi connectivity index (χ1) is 9.88. The summed E-state index contributed by atoms with van der Waals surface area (Å²) < 4.78 is 1.15. The summed E-state index contributed by atoms with van der Waals surface area (Å²) in [6.45, 7) is 7.60. The van der Waals surface area contributed by atoms with Crippen LogP contribution in [0.15, 0.2) is 12.1 Å². The second-order valence-electron chi connectivity index (χ2n) is 5.88. The van der Waals surface area contributed by atoms with Crippen LogP contribution in [0, 0.1) is 13.8 Å². The Labute approximate surface area is 130 Å². The molecule has 114 valence electrons. The molecule has 0 fully saturated rings. The lowest BCUT2D eigenvalue weighted by molar-refractivity contribution is -0.858. The van der Waals surface area contributed by atoms with Crippen molar-refractivity contribution in [2.75, 3.05) is 32.1 Å². The van der Waals surface area contributed by atoms with Gasteiger partial charge in [-0.25, -0.2) is 4.98 Å². The first-order valence-electron chi connectivity index (χ1n) is 7.33. The number of carbonyl (C=O) groups is 1. The van der Waals surface area contributed by atoms with Crippen molar-refractivity contribution in [1.29, 1.82) is 0 Å². The van der Waals surface area contributed by atoms with Crippen molar-refractivity contribution in [1.82, 2.24) is 4.98 Å². The fraction of sp³-hybridized carbons (Fsp3) is 0.500. The number of aryl methyl sites for hydroxylation is 2. The van der Waals surface area contributed by atoms with E-state index in [-0.39, 0.29) is 5.91 Å². The number of amides is 1. The number of hydrogen-bond acceptors (Lipinski definition) is 3. The minimum Gasteiger partial charge on any atom is -0.340 e. The number of nitrogens with one attached hydrogen (secondary N) is 1. The lowest BCUT2D eigenvalue weighted by Gasteiger charge is -2.18. The molecule has 0 atom stereocenters. The van der Waals surface area contributed by atoms with Crippen LogP contribution >= 0.6 is 11.3 Å². The van der Waals surface area contributed by atoms with Crippen molar-refractivity contribution in [3.8, 4) is 0 Å². The van der Waals surface area contributed by atoms with E-state index in [2.05, 4.69) is 45.1 Å². The molecule has 0 radical (unpaired) electrons. The zero-order valence-electron chi connectivity index (χ0n) is 13.5. The Morgan fingerprint density at radius 3 is 2.57 bits per heavy atom. The van der Waals surface area contributed by atoms with Crippen LogP contribution in [0.5, 0.6) is 0 Å². The average Bonchev–Trinajstić information content (AvgIpc) is 2.76. The number of carbonyl (C=O) groups excluding carboxylic acids is 1. The number of rotatable bonds is 5. The van der Waals surface area contributed by atoms with Gasteiger partial charge in [0.05, 0.1) is 30.9 Å². The molecule has 2 rings (SSSR count). The van der Waals surface area contributed by atoms with Gasteiger partial charge in [-0.1, -0.05) is 11.3 Å². The van der Waals surface area contributed by atoms with E-state index < -0.39 is 0 Å². The Balaban J connectivity index is 2.26. The van der Waals surface area contributed by atoms with Crippen molar-refractivity contribution in [2.45, 2.75) is 27.2 Å². The zero-order valence-corrected chi connectivity index (χ0v) is 14.3. The van der Waals surface area contributed by atoms with Crippen LogP contribution in [0.1, 0.15) is 24.5 Å². The molecule has 1 amide bonds.